The fourth-order valence-corrected chi connectivity index (χ4v) is 2.01. The summed E-state index contributed by atoms with van der Waals surface area (Å²) in [6.07, 6.45) is 1.07. The number of methoxy groups -OCH3 is 1. The van der Waals surface area contributed by atoms with Crippen LogP contribution in [0.2, 0.25) is 5.02 Å². The van der Waals surface area contributed by atoms with Gasteiger partial charge in [-0.3, -0.25) is 0 Å². The van der Waals surface area contributed by atoms with Crippen LogP contribution >= 0.6 is 11.6 Å². The molecule has 0 aliphatic carbocycles. The van der Waals surface area contributed by atoms with Crippen molar-refractivity contribution in [3.63, 3.8) is 0 Å². The molecule has 0 saturated heterocycles. The third-order valence-electron chi connectivity index (χ3n) is 3.10. The summed E-state index contributed by atoms with van der Waals surface area (Å²) in [5.41, 5.74) is 1.28. The van der Waals surface area contributed by atoms with Crippen LogP contribution in [0.4, 0.5) is 0 Å². The second kappa shape index (κ2) is 8.48. The highest BCUT2D eigenvalue weighted by Crippen LogP contribution is 2.19. The van der Waals surface area contributed by atoms with Gasteiger partial charge in [0.1, 0.15) is 0 Å². The molecule has 1 rings (SSSR count). The number of benzene rings is 1. The second-order valence-electron chi connectivity index (χ2n) is 4.48. The van der Waals surface area contributed by atoms with Gasteiger partial charge in [0.05, 0.1) is 6.61 Å². The molecule has 0 aliphatic rings. The van der Waals surface area contributed by atoms with Gasteiger partial charge in [-0.25, -0.2) is 0 Å². The average molecular weight is 271 g/mol. The largest absolute Gasteiger partial charge is 0.383 e. The van der Waals surface area contributed by atoms with E-state index < -0.39 is 0 Å². The van der Waals surface area contributed by atoms with Crippen LogP contribution in [0.1, 0.15) is 18.0 Å². The van der Waals surface area contributed by atoms with Gasteiger partial charge < -0.3 is 15.0 Å². The number of hydrogen-bond donors (Lipinski definition) is 1. The van der Waals surface area contributed by atoms with Crippen LogP contribution in [0.5, 0.6) is 0 Å². The van der Waals surface area contributed by atoms with Crippen LogP contribution in [0.25, 0.3) is 0 Å². The summed E-state index contributed by atoms with van der Waals surface area (Å²) in [5, 5.41) is 4.13. The minimum Gasteiger partial charge on any atom is -0.383 e. The van der Waals surface area contributed by atoms with Gasteiger partial charge in [0.25, 0.3) is 0 Å². The molecule has 0 aliphatic heterocycles. The lowest BCUT2D eigenvalue weighted by Gasteiger charge is -2.21. The molecule has 0 amide bonds. The molecule has 1 unspecified atom stereocenters. The van der Waals surface area contributed by atoms with E-state index in [9.17, 15) is 0 Å². The molecule has 1 aromatic rings. The Kier molecular flexibility index (Phi) is 7.28. The first-order chi connectivity index (χ1) is 8.67. The molecule has 3 nitrogen and oxygen atoms in total. The Morgan fingerprint density at radius 2 is 1.94 bits per heavy atom. The molecule has 1 N–H and O–H groups in total. The topological polar surface area (TPSA) is 24.5 Å². The number of nitrogens with one attached hydrogen (secondary N) is 1. The minimum absolute atomic E-state index is 0.368. The number of halogens is 1. The van der Waals surface area contributed by atoms with Crippen molar-refractivity contribution in [2.45, 2.75) is 12.5 Å². The van der Waals surface area contributed by atoms with Gasteiger partial charge in [-0.05, 0) is 44.8 Å². The molecule has 0 fully saturated rings. The Bertz CT molecular complexity index is 329. The molecule has 102 valence electrons. The Morgan fingerprint density at radius 1 is 1.28 bits per heavy atom. The fourth-order valence-electron chi connectivity index (χ4n) is 1.88. The Balaban J connectivity index is 2.44. The first kappa shape index (κ1) is 15.4. The molecule has 0 heterocycles. The third-order valence-corrected chi connectivity index (χ3v) is 3.35. The van der Waals surface area contributed by atoms with Gasteiger partial charge in [-0.2, -0.15) is 0 Å². The van der Waals surface area contributed by atoms with E-state index in [-0.39, 0.29) is 0 Å². The van der Waals surface area contributed by atoms with Crippen LogP contribution in [-0.2, 0) is 4.74 Å². The van der Waals surface area contributed by atoms with Crippen molar-refractivity contribution < 1.29 is 4.74 Å². The molecular weight excluding hydrogens is 248 g/mol. The van der Waals surface area contributed by atoms with Gasteiger partial charge in [0.15, 0.2) is 0 Å². The zero-order valence-corrected chi connectivity index (χ0v) is 12.2. The average Bonchev–Trinajstić information content (AvgIpc) is 2.39. The summed E-state index contributed by atoms with van der Waals surface area (Å²) in [4.78, 5) is 2.28. The lowest BCUT2D eigenvalue weighted by molar-refractivity contribution is 0.159. The van der Waals surface area contributed by atoms with Crippen LogP contribution in [0.3, 0.4) is 0 Å². The summed E-state index contributed by atoms with van der Waals surface area (Å²) >= 11 is 5.90. The van der Waals surface area contributed by atoms with Crippen LogP contribution < -0.4 is 5.32 Å². The highest BCUT2D eigenvalue weighted by atomic mass is 35.5. The quantitative estimate of drug-likeness (QED) is 0.786. The molecule has 1 atom stereocenters. The SMILES string of the molecule is CNC(CCN(C)CCOC)c1ccc(Cl)cc1. The summed E-state index contributed by atoms with van der Waals surface area (Å²) in [6, 6.07) is 8.41. The Hall–Kier alpha value is -0.610. The lowest BCUT2D eigenvalue weighted by Crippen LogP contribution is -2.27. The van der Waals surface area contributed by atoms with Crippen molar-refractivity contribution >= 4 is 11.6 Å². The molecule has 0 spiro atoms. The van der Waals surface area contributed by atoms with E-state index in [0.717, 1.165) is 31.1 Å². The predicted octanol–water partition coefficient (Wildman–Crippen LogP) is 2.57. The van der Waals surface area contributed by atoms with Gasteiger partial charge in [0, 0.05) is 24.7 Å². The first-order valence-corrected chi connectivity index (χ1v) is 6.65. The molecule has 0 saturated carbocycles. The van der Waals surface area contributed by atoms with Gasteiger partial charge in [0.2, 0.25) is 0 Å². The predicted molar refractivity (Wildman–Crippen MR) is 77.2 cm³/mol. The zero-order chi connectivity index (χ0) is 13.4. The number of ether oxygens (including phenoxy) is 1. The maximum Gasteiger partial charge on any atom is 0.0589 e. The van der Waals surface area contributed by atoms with Crippen LogP contribution in [-0.4, -0.2) is 45.8 Å². The van der Waals surface area contributed by atoms with Crippen molar-refractivity contribution in [2.24, 2.45) is 0 Å². The maximum absolute atomic E-state index is 5.90. The number of nitrogens with zero attached hydrogens (tertiary/aromatic N) is 1. The molecular formula is C14H23ClN2O. The van der Waals surface area contributed by atoms with E-state index in [2.05, 4.69) is 29.4 Å². The minimum atomic E-state index is 0.368. The molecule has 4 heteroatoms. The summed E-state index contributed by atoms with van der Waals surface area (Å²) in [6.45, 7) is 2.78. The van der Waals surface area contributed by atoms with E-state index in [4.69, 9.17) is 16.3 Å². The third kappa shape index (κ3) is 5.36. The van der Waals surface area contributed by atoms with E-state index in [0.29, 0.717) is 6.04 Å². The molecule has 18 heavy (non-hydrogen) atoms. The van der Waals surface area contributed by atoms with Gasteiger partial charge in [-0.1, -0.05) is 23.7 Å². The van der Waals surface area contributed by atoms with E-state index in [1.807, 2.05) is 19.2 Å². The summed E-state index contributed by atoms with van der Waals surface area (Å²) in [7, 11) is 5.85. The van der Waals surface area contributed by atoms with E-state index in [1.165, 1.54) is 5.56 Å². The lowest BCUT2D eigenvalue weighted by atomic mass is 10.0. The normalized spacial score (nSPS) is 12.9. The monoisotopic (exact) mass is 270 g/mol. The van der Waals surface area contributed by atoms with Crippen molar-refractivity contribution in [3.05, 3.63) is 34.9 Å². The van der Waals surface area contributed by atoms with Crippen molar-refractivity contribution in [1.82, 2.24) is 10.2 Å². The summed E-state index contributed by atoms with van der Waals surface area (Å²) in [5.74, 6) is 0. The van der Waals surface area contributed by atoms with Crippen molar-refractivity contribution in [1.29, 1.82) is 0 Å². The van der Waals surface area contributed by atoms with Crippen molar-refractivity contribution in [2.75, 3.05) is 40.9 Å². The molecule has 1 aromatic carbocycles. The Labute approximate surface area is 115 Å². The Morgan fingerprint density at radius 3 is 2.50 bits per heavy atom. The van der Waals surface area contributed by atoms with E-state index >= 15 is 0 Å². The zero-order valence-electron chi connectivity index (χ0n) is 11.4. The smallest absolute Gasteiger partial charge is 0.0589 e. The summed E-state index contributed by atoms with van der Waals surface area (Å²) < 4.78 is 5.07. The molecule has 0 bridgehead atoms. The highest BCUT2D eigenvalue weighted by Gasteiger charge is 2.10. The second-order valence-corrected chi connectivity index (χ2v) is 4.91. The van der Waals surface area contributed by atoms with Gasteiger partial charge in [-0.15, -0.1) is 0 Å². The number of rotatable bonds is 8. The first-order valence-electron chi connectivity index (χ1n) is 6.27. The highest BCUT2D eigenvalue weighted by molar-refractivity contribution is 6.30. The van der Waals surface area contributed by atoms with E-state index in [1.54, 1.807) is 7.11 Å². The number of hydrogen-bond acceptors (Lipinski definition) is 3. The van der Waals surface area contributed by atoms with Crippen molar-refractivity contribution in [3.8, 4) is 0 Å². The standard InChI is InChI=1S/C14H23ClN2O/c1-16-14(8-9-17(2)10-11-18-3)12-4-6-13(15)7-5-12/h4-7,14,16H,8-11H2,1-3H3. The maximum atomic E-state index is 5.90. The fraction of sp³-hybridized carbons (Fsp3) is 0.571. The molecule has 0 aromatic heterocycles. The van der Waals surface area contributed by atoms with Crippen LogP contribution in [0, 0.1) is 0 Å². The van der Waals surface area contributed by atoms with Crippen LogP contribution in [0.15, 0.2) is 24.3 Å². The number of likely N-dealkylation sites (N-methyl/N-ethyl adjacent to an activating group) is 1. The molecule has 0 radical (unpaired) electrons. The van der Waals surface area contributed by atoms with Gasteiger partial charge >= 0.3 is 0 Å².